The van der Waals surface area contributed by atoms with Crippen LogP contribution in [0.1, 0.15) is 41.7 Å². The maximum Gasteiger partial charge on any atom is 0.514 e. The molecular formula is C32H32N2O8. The van der Waals surface area contributed by atoms with Crippen molar-refractivity contribution in [1.82, 2.24) is 9.13 Å². The van der Waals surface area contributed by atoms with E-state index >= 15 is 0 Å². The lowest BCUT2D eigenvalue weighted by Gasteiger charge is -2.28. The summed E-state index contributed by atoms with van der Waals surface area (Å²) < 4.78 is 30.3. The summed E-state index contributed by atoms with van der Waals surface area (Å²) in [5.74, 6) is -1.47. The number of carbonyl (C=O) groups is 1. The molecule has 4 aromatic rings. The van der Waals surface area contributed by atoms with Crippen LogP contribution in [0.15, 0.2) is 88.5 Å². The molecule has 3 aromatic carbocycles. The fraction of sp³-hybridized carbons (Fsp3) is 0.281. The molecule has 0 spiro atoms. The van der Waals surface area contributed by atoms with E-state index < -0.39 is 23.4 Å². The fourth-order valence-corrected chi connectivity index (χ4v) is 5.07. The average Bonchev–Trinajstić information content (AvgIpc) is 3.35. The molecule has 1 aliphatic rings. The van der Waals surface area contributed by atoms with Crippen LogP contribution >= 0.6 is 0 Å². The number of nitrogens with zero attached hydrogens (tertiary/aromatic N) is 2. The van der Waals surface area contributed by atoms with Gasteiger partial charge in [-0.3, -0.25) is 9.36 Å². The molecule has 5 rings (SSSR count). The quantitative estimate of drug-likeness (QED) is 0.202. The van der Waals surface area contributed by atoms with Gasteiger partial charge in [-0.25, -0.2) is 14.2 Å². The molecule has 0 saturated heterocycles. The molecular weight excluding hydrogens is 540 g/mol. The molecule has 0 bridgehead atoms. The molecule has 0 unspecified atom stereocenters. The summed E-state index contributed by atoms with van der Waals surface area (Å²) in [6, 6.07) is 23.4. The van der Waals surface area contributed by atoms with Crippen LogP contribution < -0.4 is 16.0 Å². The summed E-state index contributed by atoms with van der Waals surface area (Å²) in [4.78, 5) is 40.3. The van der Waals surface area contributed by atoms with Crippen LogP contribution in [0.25, 0.3) is 5.69 Å². The van der Waals surface area contributed by atoms with E-state index in [1.807, 2.05) is 62.4 Å². The van der Waals surface area contributed by atoms with Crippen molar-refractivity contribution in [2.45, 2.75) is 39.4 Å². The summed E-state index contributed by atoms with van der Waals surface area (Å²) in [6.45, 7) is 4.80. The second kappa shape index (κ2) is 12.6. The zero-order chi connectivity index (χ0) is 29.7. The Bertz CT molecular complexity index is 1670. The largest absolute Gasteiger partial charge is 0.514 e. The van der Waals surface area contributed by atoms with Crippen molar-refractivity contribution in [2.75, 3.05) is 20.3 Å². The maximum atomic E-state index is 14.0. The highest BCUT2D eigenvalue weighted by Gasteiger charge is 2.42. The number of benzene rings is 3. The summed E-state index contributed by atoms with van der Waals surface area (Å²) in [5.41, 5.74) is 2.33. The third-order valence-corrected chi connectivity index (χ3v) is 6.90. The summed E-state index contributed by atoms with van der Waals surface area (Å²) in [6.07, 6.45) is -0.994. The van der Waals surface area contributed by atoms with Crippen LogP contribution in [0.2, 0.25) is 0 Å². The molecule has 0 radical (unpaired) electrons. The summed E-state index contributed by atoms with van der Waals surface area (Å²) >= 11 is 0. The predicted molar refractivity (Wildman–Crippen MR) is 154 cm³/mol. The Balaban J connectivity index is 1.68. The van der Waals surface area contributed by atoms with Crippen LogP contribution in [0, 0.1) is 0 Å². The molecule has 0 N–H and O–H groups in total. The molecule has 0 amide bonds. The van der Waals surface area contributed by atoms with E-state index in [1.54, 1.807) is 30.3 Å². The molecule has 2 heterocycles. The molecule has 0 saturated carbocycles. The Hall–Kier alpha value is -4.51. The molecule has 0 aliphatic carbocycles. The Kier molecular flexibility index (Phi) is 8.67. The first-order valence-electron chi connectivity index (χ1n) is 13.7. The van der Waals surface area contributed by atoms with E-state index in [-0.39, 0.29) is 31.0 Å². The Labute approximate surface area is 242 Å². The zero-order valence-electron chi connectivity index (χ0n) is 23.7. The number of ether oxygens (including phenoxy) is 5. The lowest BCUT2D eigenvalue weighted by atomic mass is 10.00. The van der Waals surface area contributed by atoms with E-state index in [0.717, 1.165) is 33.9 Å². The number of rotatable bonds is 10. The fourth-order valence-electron chi connectivity index (χ4n) is 5.07. The van der Waals surface area contributed by atoms with Gasteiger partial charge in [0.05, 0.1) is 31.5 Å². The minimum absolute atomic E-state index is 0.0510. The average molecular weight is 573 g/mol. The molecule has 42 heavy (non-hydrogen) atoms. The standard InChI is InChI=1S/C32H32N2O8/c1-4-39-32(40-5-2)27-17-16-23(18-24(27)21-41-32)19-26-28(35)34(25-14-10-7-11-15-25)30(36)33(29(26)42-31(37)38-3)20-22-12-8-6-9-13-22/h6-18H,4-5,19-21H2,1-3H3. The lowest BCUT2D eigenvalue weighted by molar-refractivity contribution is -0.384. The van der Waals surface area contributed by atoms with E-state index in [1.165, 1.54) is 4.57 Å². The molecule has 1 aliphatic heterocycles. The number of carbonyl (C=O) groups excluding carboxylic acids is 1. The van der Waals surface area contributed by atoms with Gasteiger partial charge in [-0.2, -0.15) is 0 Å². The van der Waals surface area contributed by atoms with Gasteiger partial charge >= 0.3 is 17.8 Å². The Morgan fingerprint density at radius 3 is 2.21 bits per heavy atom. The second-order valence-electron chi connectivity index (χ2n) is 9.55. The van der Waals surface area contributed by atoms with Crippen molar-refractivity contribution in [3.05, 3.63) is 128 Å². The van der Waals surface area contributed by atoms with Crippen molar-refractivity contribution in [1.29, 1.82) is 0 Å². The minimum atomic E-state index is -1.29. The highest BCUT2D eigenvalue weighted by atomic mass is 16.9. The summed E-state index contributed by atoms with van der Waals surface area (Å²) in [7, 11) is 1.16. The topological polar surface area (TPSA) is 107 Å². The first-order chi connectivity index (χ1) is 20.4. The number of fused-ring (bicyclic) bond motifs is 1. The highest BCUT2D eigenvalue weighted by Crippen LogP contribution is 2.39. The Morgan fingerprint density at radius 1 is 0.905 bits per heavy atom. The zero-order valence-corrected chi connectivity index (χ0v) is 23.7. The van der Waals surface area contributed by atoms with Crippen LogP contribution in [0.3, 0.4) is 0 Å². The molecule has 1 aromatic heterocycles. The Morgan fingerprint density at radius 2 is 1.57 bits per heavy atom. The van der Waals surface area contributed by atoms with Gasteiger partial charge in [-0.15, -0.1) is 0 Å². The normalized spacial score (nSPS) is 13.5. The molecule has 0 fully saturated rings. The van der Waals surface area contributed by atoms with Gasteiger partial charge in [0.1, 0.15) is 0 Å². The maximum absolute atomic E-state index is 14.0. The van der Waals surface area contributed by atoms with Gasteiger partial charge in [-0.05, 0) is 42.7 Å². The number of aromatic nitrogens is 2. The van der Waals surface area contributed by atoms with E-state index in [0.29, 0.717) is 18.9 Å². The summed E-state index contributed by atoms with van der Waals surface area (Å²) in [5, 5.41) is 0. The third-order valence-electron chi connectivity index (χ3n) is 6.90. The van der Waals surface area contributed by atoms with Crippen LogP contribution in [-0.2, 0) is 44.5 Å². The van der Waals surface area contributed by atoms with Crippen molar-refractivity contribution in [3.8, 4) is 11.6 Å². The van der Waals surface area contributed by atoms with Crippen molar-refractivity contribution < 1.29 is 28.5 Å². The van der Waals surface area contributed by atoms with Gasteiger partial charge in [0, 0.05) is 25.2 Å². The highest BCUT2D eigenvalue weighted by molar-refractivity contribution is 5.63. The monoisotopic (exact) mass is 572 g/mol. The van der Waals surface area contributed by atoms with Crippen molar-refractivity contribution in [2.24, 2.45) is 0 Å². The molecule has 10 nitrogen and oxygen atoms in total. The predicted octanol–water partition coefficient (Wildman–Crippen LogP) is 4.50. The number of hydrogen-bond acceptors (Lipinski definition) is 8. The third kappa shape index (κ3) is 5.64. The van der Waals surface area contributed by atoms with Gasteiger partial charge in [-0.1, -0.05) is 66.7 Å². The van der Waals surface area contributed by atoms with Gasteiger partial charge in [0.2, 0.25) is 5.88 Å². The van der Waals surface area contributed by atoms with Crippen molar-refractivity contribution in [3.63, 3.8) is 0 Å². The van der Waals surface area contributed by atoms with Crippen LogP contribution in [-0.4, -0.2) is 35.6 Å². The van der Waals surface area contributed by atoms with Gasteiger partial charge in [0.25, 0.3) is 5.56 Å². The van der Waals surface area contributed by atoms with E-state index in [4.69, 9.17) is 23.7 Å². The van der Waals surface area contributed by atoms with Gasteiger partial charge in [0.15, 0.2) is 0 Å². The van der Waals surface area contributed by atoms with Gasteiger partial charge < -0.3 is 23.7 Å². The second-order valence-corrected chi connectivity index (χ2v) is 9.55. The molecule has 218 valence electrons. The lowest BCUT2D eigenvalue weighted by Crippen LogP contribution is -2.42. The van der Waals surface area contributed by atoms with Crippen molar-refractivity contribution >= 4 is 6.16 Å². The first kappa shape index (κ1) is 29.0. The van der Waals surface area contributed by atoms with E-state index in [2.05, 4.69) is 0 Å². The smallest absolute Gasteiger partial charge is 0.437 e. The minimum Gasteiger partial charge on any atom is -0.437 e. The SMILES string of the molecule is CCOC1(OCC)OCc2cc(Cc3c(OC(=O)OC)n(Cc4ccccc4)c(=O)n(-c4ccccc4)c3=O)ccc21. The van der Waals surface area contributed by atoms with Crippen LogP contribution in [0.5, 0.6) is 5.88 Å². The number of methoxy groups -OCH3 is 1. The van der Waals surface area contributed by atoms with E-state index in [9.17, 15) is 14.4 Å². The number of para-hydroxylation sites is 1. The molecule has 10 heteroatoms. The van der Waals surface area contributed by atoms with Crippen LogP contribution in [0.4, 0.5) is 4.79 Å². The number of hydrogen-bond donors (Lipinski definition) is 0. The molecule has 0 atom stereocenters. The first-order valence-corrected chi connectivity index (χ1v) is 13.7.